The predicted molar refractivity (Wildman–Crippen MR) is 90.2 cm³/mol. The molecule has 24 heavy (non-hydrogen) atoms. The molecule has 7 heteroatoms. The molecule has 1 amide bonds. The molecule has 0 aliphatic carbocycles. The number of hydrogen-bond acceptors (Lipinski definition) is 5. The van der Waals surface area contributed by atoms with Crippen LogP contribution in [0.1, 0.15) is 32.3 Å². The van der Waals surface area contributed by atoms with E-state index in [0.29, 0.717) is 5.56 Å². The first-order chi connectivity index (χ1) is 11.4. The zero-order chi connectivity index (χ0) is 18.1. The van der Waals surface area contributed by atoms with Crippen molar-refractivity contribution in [2.24, 2.45) is 0 Å². The van der Waals surface area contributed by atoms with Crippen molar-refractivity contribution in [3.05, 3.63) is 46.0 Å². The number of nitro benzene ring substituents is 1. The van der Waals surface area contributed by atoms with Crippen LogP contribution in [0.4, 0.5) is 5.69 Å². The zero-order valence-corrected chi connectivity index (χ0v) is 14.1. The molecular formula is C17H22N2O5. The Morgan fingerprint density at radius 3 is 2.46 bits per heavy atom. The van der Waals surface area contributed by atoms with Gasteiger partial charge in [-0.1, -0.05) is 6.92 Å². The van der Waals surface area contributed by atoms with Gasteiger partial charge in [0.2, 0.25) is 5.91 Å². The maximum absolute atomic E-state index is 12.4. The molecule has 1 unspecified atom stereocenters. The quantitative estimate of drug-likeness (QED) is 0.315. The lowest BCUT2D eigenvalue weighted by Gasteiger charge is -2.27. The molecular weight excluding hydrogens is 312 g/mol. The van der Waals surface area contributed by atoms with Crippen LogP contribution in [0.3, 0.4) is 0 Å². The maximum Gasteiger partial charge on any atom is 0.307 e. The number of nitrogens with zero attached hydrogens (tertiary/aromatic N) is 2. The largest absolute Gasteiger partial charge is 0.469 e. The molecule has 0 heterocycles. The van der Waals surface area contributed by atoms with Crippen LogP contribution < -0.4 is 0 Å². The van der Waals surface area contributed by atoms with Gasteiger partial charge in [-0.05, 0) is 37.1 Å². The molecule has 130 valence electrons. The topological polar surface area (TPSA) is 89.8 Å². The minimum absolute atomic E-state index is 0.00205. The summed E-state index contributed by atoms with van der Waals surface area (Å²) in [6, 6.07) is 5.90. The summed E-state index contributed by atoms with van der Waals surface area (Å²) in [5.41, 5.74) is 0.684. The first-order valence-electron chi connectivity index (χ1n) is 7.69. The van der Waals surface area contributed by atoms with Crippen molar-refractivity contribution in [1.82, 2.24) is 4.90 Å². The summed E-state index contributed by atoms with van der Waals surface area (Å²) in [6.07, 6.45) is 3.90. The zero-order valence-electron chi connectivity index (χ0n) is 14.1. The van der Waals surface area contributed by atoms with E-state index in [1.54, 1.807) is 23.1 Å². The van der Waals surface area contributed by atoms with Gasteiger partial charge in [-0.25, -0.2) is 0 Å². The average molecular weight is 334 g/mol. The summed E-state index contributed by atoms with van der Waals surface area (Å²) in [4.78, 5) is 35.4. The third-order valence-corrected chi connectivity index (χ3v) is 3.71. The van der Waals surface area contributed by atoms with E-state index in [9.17, 15) is 19.7 Å². The molecule has 1 rings (SSSR count). The number of nitro groups is 1. The summed E-state index contributed by atoms with van der Waals surface area (Å²) in [5, 5.41) is 10.6. The Morgan fingerprint density at radius 1 is 1.33 bits per heavy atom. The third-order valence-electron chi connectivity index (χ3n) is 3.71. The van der Waals surface area contributed by atoms with Gasteiger partial charge in [0.1, 0.15) is 0 Å². The van der Waals surface area contributed by atoms with Gasteiger partial charge >= 0.3 is 5.97 Å². The smallest absolute Gasteiger partial charge is 0.307 e. The van der Waals surface area contributed by atoms with Gasteiger partial charge < -0.3 is 9.64 Å². The standard InChI is InChI=1S/C17H22N2O5/c1-4-13(2)18(12-11-17(21)24-3)16(20)10-7-14-5-8-15(9-6-14)19(22)23/h5-10,13H,4,11-12H2,1-3H3/b10-7+. The Balaban J connectivity index is 2.78. The first kappa shape index (κ1) is 19.3. The normalized spacial score (nSPS) is 12.0. The van der Waals surface area contributed by atoms with E-state index in [2.05, 4.69) is 4.74 Å². The van der Waals surface area contributed by atoms with Crippen LogP contribution in [0.15, 0.2) is 30.3 Å². The highest BCUT2D eigenvalue weighted by Crippen LogP contribution is 2.13. The van der Waals surface area contributed by atoms with Crippen molar-refractivity contribution >= 4 is 23.6 Å². The monoisotopic (exact) mass is 334 g/mol. The lowest BCUT2D eigenvalue weighted by molar-refractivity contribution is -0.384. The second-order valence-electron chi connectivity index (χ2n) is 5.30. The number of non-ortho nitro benzene ring substituents is 1. The molecule has 1 atom stereocenters. The molecule has 0 aromatic heterocycles. The Bertz CT molecular complexity index is 610. The average Bonchev–Trinajstić information content (AvgIpc) is 2.59. The number of ether oxygens (including phenoxy) is 1. The minimum Gasteiger partial charge on any atom is -0.469 e. The molecule has 0 spiro atoms. The van der Waals surface area contributed by atoms with Crippen molar-refractivity contribution < 1.29 is 19.2 Å². The molecule has 7 nitrogen and oxygen atoms in total. The van der Waals surface area contributed by atoms with Crippen molar-refractivity contribution in [3.8, 4) is 0 Å². The number of hydrogen-bond donors (Lipinski definition) is 0. The third kappa shape index (κ3) is 5.83. The number of rotatable bonds is 8. The first-order valence-corrected chi connectivity index (χ1v) is 7.69. The molecule has 0 saturated heterocycles. The molecule has 0 fully saturated rings. The fraction of sp³-hybridized carbons (Fsp3) is 0.412. The number of methoxy groups -OCH3 is 1. The minimum atomic E-state index is -0.476. The van der Waals surface area contributed by atoms with Gasteiger partial charge in [0.15, 0.2) is 0 Å². The van der Waals surface area contributed by atoms with E-state index in [1.807, 2.05) is 13.8 Å². The van der Waals surface area contributed by atoms with E-state index in [0.717, 1.165) is 6.42 Å². The molecule has 0 radical (unpaired) electrons. The van der Waals surface area contributed by atoms with E-state index in [-0.39, 0.29) is 36.6 Å². The second kappa shape index (κ2) is 9.44. The Kier molecular flexibility index (Phi) is 7.61. The maximum atomic E-state index is 12.4. The molecule has 0 saturated carbocycles. The molecule has 1 aromatic rings. The fourth-order valence-electron chi connectivity index (χ4n) is 2.05. The molecule has 0 N–H and O–H groups in total. The van der Waals surface area contributed by atoms with Gasteiger partial charge in [0.05, 0.1) is 18.5 Å². The fourth-order valence-corrected chi connectivity index (χ4v) is 2.05. The van der Waals surface area contributed by atoms with Crippen molar-refractivity contribution in [2.75, 3.05) is 13.7 Å². The lowest BCUT2D eigenvalue weighted by atomic mass is 10.1. The van der Waals surface area contributed by atoms with E-state index in [1.165, 1.54) is 25.3 Å². The number of esters is 1. The summed E-state index contributed by atoms with van der Waals surface area (Å²) >= 11 is 0. The highest BCUT2D eigenvalue weighted by atomic mass is 16.6. The number of carbonyl (C=O) groups is 2. The summed E-state index contributed by atoms with van der Waals surface area (Å²) in [7, 11) is 1.31. The number of benzene rings is 1. The van der Waals surface area contributed by atoms with Crippen molar-refractivity contribution in [2.45, 2.75) is 32.7 Å². The van der Waals surface area contributed by atoms with E-state index >= 15 is 0 Å². The van der Waals surface area contributed by atoms with Crippen molar-refractivity contribution in [1.29, 1.82) is 0 Å². The Morgan fingerprint density at radius 2 is 1.96 bits per heavy atom. The van der Waals surface area contributed by atoms with Crippen LogP contribution in [0, 0.1) is 10.1 Å². The van der Waals surface area contributed by atoms with Gasteiger partial charge in [-0.2, -0.15) is 0 Å². The summed E-state index contributed by atoms with van der Waals surface area (Å²) < 4.78 is 4.60. The SMILES string of the molecule is CCC(C)N(CCC(=O)OC)C(=O)/C=C/c1ccc([N+](=O)[O-])cc1. The molecule has 0 aliphatic heterocycles. The molecule has 0 aliphatic rings. The Hall–Kier alpha value is -2.70. The Labute approximate surface area is 141 Å². The van der Waals surface area contributed by atoms with Gasteiger partial charge in [0, 0.05) is 30.8 Å². The van der Waals surface area contributed by atoms with Crippen LogP contribution in [-0.4, -0.2) is 41.4 Å². The molecule has 1 aromatic carbocycles. The van der Waals surface area contributed by atoms with Crippen LogP contribution >= 0.6 is 0 Å². The van der Waals surface area contributed by atoms with Crippen LogP contribution in [0.25, 0.3) is 6.08 Å². The number of amides is 1. The summed E-state index contributed by atoms with van der Waals surface area (Å²) in [6.45, 7) is 4.16. The van der Waals surface area contributed by atoms with Gasteiger partial charge in [-0.3, -0.25) is 19.7 Å². The number of carbonyl (C=O) groups excluding carboxylic acids is 2. The molecule has 0 bridgehead atoms. The van der Waals surface area contributed by atoms with Crippen molar-refractivity contribution in [3.63, 3.8) is 0 Å². The van der Waals surface area contributed by atoms with Crippen LogP contribution in [0.5, 0.6) is 0 Å². The highest BCUT2D eigenvalue weighted by Gasteiger charge is 2.18. The highest BCUT2D eigenvalue weighted by molar-refractivity contribution is 5.92. The van der Waals surface area contributed by atoms with E-state index < -0.39 is 4.92 Å². The second-order valence-corrected chi connectivity index (χ2v) is 5.30. The van der Waals surface area contributed by atoms with E-state index in [4.69, 9.17) is 0 Å². The van der Waals surface area contributed by atoms with Crippen LogP contribution in [-0.2, 0) is 14.3 Å². The van der Waals surface area contributed by atoms with Crippen LogP contribution in [0.2, 0.25) is 0 Å². The predicted octanol–water partition coefficient (Wildman–Crippen LogP) is 2.80. The van der Waals surface area contributed by atoms with Gasteiger partial charge in [0.25, 0.3) is 5.69 Å². The lowest BCUT2D eigenvalue weighted by Crippen LogP contribution is -2.38. The van der Waals surface area contributed by atoms with Gasteiger partial charge in [-0.15, -0.1) is 0 Å². The summed E-state index contributed by atoms with van der Waals surface area (Å²) in [5.74, 6) is -0.581.